The van der Waals surface area contributed by atoms with Crippen LogP contribution in [0.4, 0.5) is 0 Å². The minimum atomic E-state index is -0.271. The second-order valence-corrected chi connectivity index (χ2v) is 4.72. The lowest BCUT2D eigenvalue weighted by molar-refractivity contribution is -0.142. The number of rotatable bonds is 3. The number of esters is 1. The lowest BCUT2D eigenvalue weighted by atomic mass is 10.0. The summed E-state index contributed by atoms with van der Waals surface area (Å²) in [5, 5.41) is 0. The fourth-order valence-corrected chi connectivity index (χ4v) is 2.32. The molecule has 0 aliphatic carbocycles. The zero-order valence-electron chi connectivity index (χ0n) is 10.0. The van der Waals surface area contributed by atoms with Gasteiger partial charge in [0.15, 0.2) is 0 Å². The van der Waals surface area contributed by atoms with Gasteiger partial charge >= 0.3 is 5.97 Å². The Balaban J connectivity index is 2.33. The van der Waals surface area contributed by atoms with Crippen molar-refractivity contribution >= 4 is 21.9 Å². The Kier molecular flexibility index (Phi) is 4.15. The molecule has 0 bridgehead atoms. The van der Waals surface area contributed by atoms with Crippen molar-refractivity contribution in [2.75, 3.05) is 0 Å². The van der Waals surface area contributed by atoms with E-state index in [9.17, 15) is 4.79 Å². The van der Waals surface area contributed by atoms with E-state index in [1.54, 1.807) is 0 Å². The van der Waals surface area contributed by atoms with Gasteiger partial charge in [-0.1, -0.05) is 48.5 Å². The third kappa shape index (κ3) is 2.99. The Bertz CT molecular complexity index is 550. The van der Waals surface area contributed by atoms with Crippen molar-refractivity contribution in [1.82, 2.24) is 0 Å². The Hall–Kier alpha value is -1.61. The van der Waals surface area contributed by atoms with Crippen LogP contribution < -0.4 is 0 Å². The van der Waals surface area contributed by atoms with Crippen LogP contribution in [0.2, 0.25) is 0 Å². The standard InChI is InChI=1S/C15H13BrO2/c1-11(17)18-10-13-8-5-9-14(15(13)16)12-6-3-2-4-7-12/h2-9H,10H2,1H3. The highest BCUT2D eigenvalue weighted by Gasteiger charge is 2.08. The van der Waals surface area contributed by atoms with Gasteiger partial charge in [0.05, 0.1) is 0 Å². The van der Waals surface area contributed by atoms with E-state index in [-0.39, 0.29) is 12.6 Å². The van der Waals surface area contributed by atoms with Gasteiger partial charge in [-0.2, -0.15) is 0 Å². The molecule has 0 atom stereocenters. The van der Waals surface area contributed by atoms with Gasteiger partial charge < -0.3 is 4.74 Å². The molecule has 2 aromatic carbocycles. The smallest absolute Gasteiger partial charge is 0.302 e. The molecule has 0 N–H and O–H groups in total. The monoisotopic (exact) mass is 304 g/mol. The molecular weight excluding hydrogens is 292 g/mol. The molecule has 0 aliphatic rings. The van der Waals surface area contributed by atoms with Gasteiger partial charge in [-0.05, 0) is 27.1 Å². The van der Waals surface area contributed by atoms with E-state index >= 15 is 0 Å². The first kappa shape index (κ1) is 12.8. The number of hydrogen-bond acceptors (Lipinski definition) is 2. The summed E-state index contributed by atoms with van der Waals surface area (Å²) >= 11 is 3.58. The zero-order chi connectivity index (χ0) is 13.0. The average Bonchev–Trinajstić information content (AvgIpc) is 2.38. The van der Waals surface area contributed by atoms with Crippen LogP contribution >= 0.6 is 15.9 Å². The van der Waals surface area contributed by atoms with E-state index in [4.69, 9.17) is 4.74 Å². The number of carbonyl (C=O) groups is 1. The van der Waals surface area contributed by atoms with E-state index in [2.05, 4.69) is 28.1 Å². The molecule has 3 heteroatoms. The average molecular weight is 305 g/mol. The van der Waals surface area contributed by atoms with Crippen LogP contribution in [0.1, 0.15) is 12.5 Å². The highest BCUT2D eigenvalue weighted by molar-refractivity contribution is 9.10. The summed E-state index contributed by atoms with van der Waals surface area (Å²) in [6, 6.07) is 16.0. The minimum Gasteiger partial charge on any atom is -0.461 e. The van der Waals surface area contributed by atoms with Crippen molar-refractivity contribution < 1.29 is 9.53 Å². The summed E-state index contributed by atoms with van der Waals surface area (Å²) < 4.78 is 6.00. The van der Waals surface area contributed by atoms with Crippen LogP contribution in [-0.2, 0) is 16.1 Å². The highest BCUT2D eigenvalue weighted by atomic mass is 79.9. The van der Waals surface area contributed by atoms with Crippen molar-refractivity contribution in [2.45, 2.75) is 13.5 Å². The summed E-state index contributed by atoms with van der Waals surface area (Å²) in [6.07, 6.45) is 0. The molecule has 2 aromatic rings. The van der Waals surface area contributed by atoms with E-state index in [0.29, 0.717) is 0 Å². The van der Waals surface area contributed by atoms with Crippen molar-refractivity contribution in [3.63, 3.8) is 0 Å². The number of benzene rings is 2. The number of hydrogen-bond donors (Lipinski definition) is 0. The maximum atomic E-state index is 10.8. The molecular formula is C15H13BrO2. The molecule has 92 valence electrons. The van der Waals surface area contributed by atoms with E-state index in [1.165, 1.54) is 6.92 Å². The lowest BCUT2D eigenvalue weighted by Gasteiger charge is -2.10. The van der Waals surface area contributed by atoms with Crippen LogP contribution in [0.5, 0.6) is 0 Å². The predicted octanol–water partition coefficient (Wildman–Crippen LogP) is 4.18. The van der Waals surface area contributed by atoms with Crippen molar-refractivity contribution in [3.8, 4) is 11.1 Å². The Morgan fingerprint density at radius 1 is 1.11 bits per heavy atom. The second-order valence-electron chi connectivity index (χ2n) is 3.92. The molecule has 2 nitrogen and oxygen atoms in total. The summed E-state index contributed by atoms with van der Waals surface area (Å²) in [5.41, 5.74) is 3.20. The Morgan fingerprint density at radius 2 is 1.83 bits per heavy atom. The molecule has 18 heavy (non-hydrogen) atoms. The van der Waals surface area contributed by atoms with Gasteiger partial charge in [0.2, 0.25) is 0 Å². The molecule has 0 aromatic heterocycles. The summed E-state index contributed by atoms with van der Waals surface area (Å²) in [4.78, 5) is 10.8. The van der Waals surface area contributed by atoms with Crippen LogP contribution in [0, 0.1) is 0 Å². The number of carbonyl (C=O) groups excluding carboxylic acids is 1. The molecule has 0 saturated carbocycles. The van der Waals surface area contributed by atoms with Crippen LogP contribution in [0.15, 0.2) is 53.0 Å². The van der Waals surface area contributed by atoms with Crippen molar-refractivity contribution in [1.29, 1.82) is 0 Å². The van der Waals surface area contributed by atoms with E-state index in [1.807, 2.05) is 36.4 Å². The third-order valence-electron chi connectivity index (χ3n) is 2.59. The first-order valence-corrected chi connectivity index (χ1v) is 6.44. The predicted molar refractivity (Wildman–Crippen MR) is 75.0 cm³/mol. The van der Waals surface area contributed by atoms with E-state index < -0.39 is 0 Å². The molecule has 0 unspecified atom stereocenters. The summed E-state index contributed by atoms with van der Waals surface area (Å²) in [5.74, 6) is -0.271. The van der Waals surface area contributed by atoms with Crippen molar-refractivity contribution in [3.05, 3.63) is 58.6 Å². The number of ether oxygens (including phenoxy) is 1. The third-order valence-corrected chi connectivity index (χ3v) is 3.53. The normalized spacial score (nSPS) is 10.1. The zero-order valence-corrected chi connectivity index (χ0v) is 11.6. The lowest BCUT2D eigenvalue weighted by Crippen LogP contribution is -1.99. The molecule has 0 spiro atoms. The molecule has 0 saturated heterocycles. The van der Waals surface area contributed by atoms with Crippen molar-refractivity contribution in [2.24, 2.45) is 0 Å². The quantitative estimate of drug-likeness (QED) is 0.795. The van der Waals surface area contributed by atoms with E-state index in [0.717, 1.165) is 21.2 Å². The van der Waals surface area contributed by atoms with Crippen LogP contribution in [-0.4, -0.2) is 5.97 Å². The van der Waals surface area contributed by atoms with Gasteiger partial charge in [0.25, 0.3) is 0 Å². The van der Waals surface area contributed by atoms with Gasteiger partial charge in [-0.25, -0.2) is 0 Å². The van der Waals surface area contributed by atoms with Crippen LogP contribution in [0.25, 0.3) is 11.1 Å². The first-order valence-electron chi connectivity index (χ1n) is 5.64. The molecule has 0 fully saturated rings. The summed E-state index contributed by atoms with van der Waals surface area (Å²) in [6.45, 7) is 1.70. The largest absolute Gasteiger partial charge is 0.461 e. The van der Waals surface area contributed by atoms with Gasteiger partial charge in [-0.15, -0.1) is 0 Å². The SMILES string of the molecule is CC(=O)OCc1cccc(-c2ccccc2)c1Br. The van der Waals surface area contributed by atoms with Gasteiger partial charge in [-0.3, -0.25) is 4.79 Å². The second kappa shape index (κ2) is 5.83. The first-order chi connectivity index (χ1) is 8.68. The fraction of sp³-hybridized carbons (Fsp3) is 0.133. The summed E-state index contributed by atoms with van der Waals surface area (Å²) in [7, 11) is 0. The molecule has 2 rings (SSSR count). The highest BCUT2D eigenvalue weighted by Crippen LogP contribution is 2.31. The molecule has 0 heterocycles. The maximum absolute atomic E-state index is 10.8. The van der Waals surface area contributed by atoms with Gasteiger partial charge in [0.1, 0.15) is 6.61 Å². The maximum Gasteiger partial charge on any atom is 0.302 e. The molecule has 0 amide bonds. The Morgan fingerprint density at radius 3 is 2.50 bits per heavy atom. The van der Waals surface area contributed by atoms with Gasteiger partial charge in [0, 0.05) is 17.0 Å². The Labute approximate surface area is 115 Å². The number of halogens is 1. The molecule has 0 aliphatic heterocycles. The minimum absolute atomic E-state index is 0.271. The topological polar surface area (TPSA) is 26.3 Å². The molecule has 0 radical (unpaired) electrons. The fourth-order valence-electron chi connectivity index (χ4n) is 1.71. The van der Waals surface area contributed by atoms with Crippen LogP contribution in [0.3, 0.4) is 0 Å².